The van der Waals surface area contributed by atoms with E-state index in [9.17, 15) is 0 Å². The van der Waals surface area contributed by atoms with Gasteiger partial charge in [-0.2, -0.15) is 0 Å². The first-order valence-corrected chi connectivity index (χ1v) is 7.60. The lowest BCUT2D eigenvalue weighted by atomic mass is 10.2. The molecule has 1 N–H and O–H groups in total. The lowest BCUT2D eigenvalue weighted by molar-refractivity contribution is 0.353. The highest BCUT2D eigenvalue weighted by Gasteiger charge is 2.10. The van der Waals surface area contributed by atoms with Crippen LogP contribution in [0.1, 0.15) is 18.9 Å². The van der Waals surface area contributed by atoms with E-state index >= 15 is 0 Å². The zero-order chi connectivity index (χ0) is 14.1. The summed E-state index contributed by atoms with van der Waals surface area (Å²) in [5.41, 5.74) is 1.24. The Hall–Kier alpha value is -1.13. The van der Waals surface area contributed by atoms with Crippen LogP contribution in [0.3, 0.4) is 0 Å². The number of benzene rings is 1. The Labute approximate surface area is 120 Å². The van der Waals surface area contributed by atoms with Crippen molar-refractivity contribution >= 4 is 11.8 Å². The first kappa shape index (κ1) is 15.9. The minimum Gasteiger partial charge on any atom is -0.493 e. The number of rotatable bonds is 8. The number of methoxy groups -OCH3 is 2. The molecular weight excluding hydrogens is 258 g/mol. The third-order valence-corrected chi connectivity index (χ3v) is 3.65. The second-order valence-electron chi connectivity index (χ2n) is 4.05. The normalized spacial score (nSPS) is 10.9. The Balaban J connectivity index is 2.75. The molecule has 0 unspecified atom stereocenters. The van der Waals surface area contributed by atoms with E-state index in [1.54, 1.807) is 26.0 Å². The lowest BCUT2D eigenvalue weighted by Crippen LogP contribution is -2.14. The third kappa shape index (κ3) is 4.80. The molecule has 0 spiro atoms. The van der Waals surface area contributed by atoms with Gasteiger partial charge in [0.1, 0.15) is 0 Å². The summed E-state index contributed by atoms with van der Waals surface area (Å²) in [6.07, 6.45) is 7.37. The lowest BCUT2D eigenvalue weighted by Gasteiger charge is -2.14. The molecule has 0 aliphatic carbocycles. The molecule has 1 rings (SSSR count). The molecule has 106 valence electrons. The van der Waals surface area contributed by atoms with Crippen LogP contribution in [-0.4, -0.2) is 27.0 Å². The van der Waals surface area contributed by atoms with Crippen LogP contribution in [0.4, 0.5) is 0 Å². The van der Waals surface area contributed by atoms with Gasteiger partial charge in [0.15, 0.2) is 11.5 Å². The van der Waals surface area contributed by atoms with Crippen LogP contribution in [-0.2, 0) is 6.54 Å². The first-order chi connectivity index (χ1) is 9.26. The van der Waals surface area contributed by atoms with Gasteiger partial charge in [0.05, 0.1) is 14.2 Å². The topological polar surface area (TPSA) is 30.5 Å². The fourth-order valence-electron chi connectivity index (χ4n) is 1.81. The summed E-state index contributed by atoms with van der Waals surface area (Å²) in [5, 5.41) is 3.44. The van der Waals surface area contributed by atoms with E-state index in [1.807, 2.05) is 19.1 Å². The van der Waals surface area contributed by atoms with Crippen molar-refractivity contribution in [3.05, 3.63) is 29.8 Å². The van der Waals surface area contributed by atoms with Gasteiger partial charge in [-0.1, -0.05) is 12.2 Å². The molecule has 1 aromatic rings. The maximum absolute atomic E-state index is 5.35. The van der Waals surface area contributed by atoms with E-state index in [0.717, 1.165) is 31.0 Å². The maximum atomic E-state index is 5.35. The van der Waals surface area contributed by atoms with Gasteiger partial charge < -0.3 is 14.8 Å². The molecule has 0 fully saturated rings. The number of hydrogen-bond acceptors (Lipinski definition) is 4. The summed E-state index contributed by atoms with van der Waals surface area (Å²) in [5.74, 6) is 1.56. The van der Waals surface area contributed by atoms with Crippen LogP contribution in [0.2, 0.25) is 0 Å². The van der Waals surface area contributed by atoms with Gasteiger partial charge in [-0.25, -0.2) is 0 Å². The van der Waals surface area contributed by atoms with Gasteiger partial charge in [-0.3, -0.25) is 0 Å². The molecule has 0 amide bonds. The van der Waals surface area contributed by atoms with E-state index in [1.165, 1.54) is 10.5 Å². The minimum absolute atomic E-state index is 0.782. The molecule has 3 nitrogen and oxygen atoms in total. The average molecular weight is 281 g/mol. The number of ether oxygens (including phenoxy) is 2. The van der Waals surface area contributed by atoms with Crippen LogP contribution >= 0.6 is 11.8 Å². The van der Waals surface area contributed by atoms with Crippen molar-refractivity contribution in [1.82, 2.24) is 5.32 Å². The second kappa shape index (κ2) is 8.88. The van der Waals surface area contributed by atoms with Crippen LogP contribution in [0, 0.1) is 0 Å². The van der Waals surface area contributed by atoms with E-state index in [4.69, 9.17) is 9.47 Å². The Morgan fingerprint density at radius 1 is 1.21 bits per heavy atom. The maximum Gasteiger partial charge on any atom is 0.161 e. The van der Waals surface area contributed by atoms with Gasteiger partial charge in [0, 0.05) is 11.4 Å². The van der Waals surface area contributed by atoms with E-state index in [0.29, 0.717) is 0 Å². The largest absolute Gasteiger partial charge is 0.493 e. The predicted molar refractivity (Wildman–Crippen MR) is 82.5 cm³/mol. The molecule has 0 heterocycles. The highest BCUT2D eigenvalue weighted by molar-refractivity contribution is 7.98. The zero-order valence-corrected chi connectivity index (χ0v) is 13.0. The molecule has 0 saturated heterocycles. The number of thioether (sulfide) groups is 1. The van der Waals surface area contributed by atoms with E-state index in [-0.39, 0.29) is 0 Å². The summed E-state index contributed by atoms with van der Waals surface area (Å²) in [4.78, 5) is 1.22. The number of hydrogen-bond donors (Lipinski definition) is 1. The highest BCUT2D eigenvalue weighted by atomic mass is 32.2. The second-order valence-corrected chi connectivity index (χ2v) is 4.90. The molecule has 0 saturated carbocycles. The molecule has 0 aliphatic heterocycles. The number of nitrogens with one attached hydrogen (secondary N) is 1. The predicted octanol–water partition coefficient (Wildman–Crippen LogP) is 3.48. The highest BCUT2D eigenvalue weighted by Crippen LogP contribution is 2.34. The fraction of sp³-hybridized carbons (Fsp3) is 0.467. The Morgan fingerprint density at radius 2 is 1.89 bits per heavy atom. The van der Waals surface area contributed by atoms with Gasteiger partial charge >= 0.3 is 0 Å². The summed E-state index contributed by atoms with van der Waals surface area (Å²) in [7, 11) is 3.33. The van der Waals surface area contributed by atoms with Gasteiger partial charge in [0.2, 0.25) is 0 Å². The molecule has 0 radical (unpaired) electrons. The third-order valence-electron chi connectivity index (χ3n) is 2.83. The Kier molecular flexibility index (Phi) is 7.45. The summed E-state index contributed by atoms with van der Waals surface area (Å²) in [6.45, 7) is 3.86. The molecule has 0 aliphatic rings. The van der Waals surface area contributed by atoms with Gasteiger partial charge in [0.25, 0.3) is 0 Å². The fourth-order valence-corrected chi connectivity index (χ4v) is 2.42. The summed E-state index contributed by atoms with van der Waals surface area (Å²) < 4.78 is 10.7. The van der Waals surface area contributed by atoms with Crippen molar-refractivity contribution in [2.45, 2.75) is 24.8 Å². The van der Waals surface area contributed by atoms with Crippen molar-refractivity contribution in [2.75, 3.05) is 27.0 Å². The quantitative estimate of drug-likeness (QED) is 0.449. The Bertz CT molecular complexity index is 419. The van der Waals surface area contributed by atoms with Crippen LogP contribution < -0.4 is 14.8 Å². The smallest absolute Gasteiger partial charge is 0.161 e. The molecule has 4 heteroatoms. The summed E-state index contributed by atoms with van der Waals surface area (Å²) >= 11 is 1.72. The van der Waals surface area contributed by atoms with Crippen molar-refractivity contribution in [2.24, 2.45) is 0 Å². The molecule has 0 bridgehead atoms. The number of allylic oxidation sites excluding steroid dienone is 1. The minimum atomic E-state index is 0.782. The molecule has 0 aromatic heterocycles. The standard InChI is InChI=1S/C15H23NO2S/c1-5-6-7-8-16-11-12-9-13(17-2)14(18-3)10-15(12)19-4/h5-6,9-10,16H,7-8,11H2,1-4H3/b6-5+. The van der Waals surface area contributed by atoms with Crippen LogP contribution in [0.5, 0.6) is 11.5 Å². The van der Waals surface area contributed by atoms with Crippen molar-refractivity contribution in [3.63, 3.8) is 0 Å². The van der Waals surface area contributed by atoms with Crippen LogP contribution in [0.15, 0.2) is 29.2 Å². The van der Waals surface area contributed by atoms with Gasteiger partial charge in [-0.05, 0) is 43.8 Å². The monoisotopic (exact) mass is 281 g/mol. The van der Waals surface area contributed by atoms with E-state index < -0.39 is 0 Å². The average Bonchev–Trinajstić information content (AvgIpc) is 2.46. The molecule has 1 aromatic carbocycles. The van der Waals surface area contributed by atoms with E-state index in [2.05, 4.69) is 23.7 Å². The first-order valence-electron chi connectivity index (χ1n) is 6.37. The molecule has 0 atom stereocenters. The van der Waals surface area contributed by atoms with Crippen molar-refractivity contribution in [1.29, 1.82) is 0 Å². The summed E-state index contributed by atoms with van der Waals surface area (Å²) in [6, 6.07) is 4.08. The van der Waals surface area contributed by atoms with Gasteiger partial charge in [-0.15, -0.1) is 11.8 Å². The SMILES string of the molecule is C/C=C/CCNCc1cc(OC)c(OC)cc1SC. The van der Waals surface area contributed by atoms with Crippen molar-refractivity contribution in [3.8, 4) is 11.5 Å². The zero-order valence-electron chi connectivity index (χ0n) is 12.2. The molecular formula is C15H23NO2S. The van der Waals surface area contributed by atoms with Crippen molar-refractivity contribution < 1.29 is 9.47 Å². The van der Waals surface area contributed by atoms with Crippen LogP contribution in [0.25, 0.3) is 0 Å². The molecule has 19 heavy (non-hydrogen) atoms. The Morgan fingerprint density at radius 3 is 2.47 bits per heavy atom.